The molecular formula is C13H13N3O2. The van der Waals surface area contributed by atoms with E-state index in [4.69, 9.17) is 0 Å². The molecule has 5 nitrogen and oxygen atoms in total. The number of nitrogens with zero attached hydrogens (tertiary/aromatic N) is 2. The topological polar surface area (TPSA) is 64.0 Å². The van der Waals surface area contributed by atoms with Gasteiger partial charge in [0.05, 0.1) is 0 Å². The van der Waals surface area contributed by atoms with Crippen LogP contribution in [0.15, 0.2) is 41.2 Å². The van der Waals surface area contributed by atoms with Crippen molar-refractivity contribution >= 4 is 5.91 Å². The molecule has 0 radical (unpaired) electrons. The summed E-state index contributed by atoms with van der Waals surface area (Å²) in [5.41, 5.74) is 3.79. The lowest BCUT2D eigenvalue weighted by molar-refractivity contribution is 0.101. The first-order valence-corrected chi connectivity index (χ1v) is 5.51. The van der Waals surface area contributed by atoms with E-state index in [1.54, 1.807) is 44.2 Å². The number of carbonyl (C=O) groups is 1. The lowest BCUT2D eigenvalue weighted by atomic mass is 10.2. The maximum absolute atomic E-state index is 11.9. The maximum Gasteiger partial charge on any atom is 0.366 e. The molecule has 0 bridgehead atoms. The van der Waals surface area contributed by atoms with Gasteiger partial charge in [-0.1, -0.05) is 18.2 Å². The van der Waals surface area contributed by atoms with Crippen LogP contribution >= 0.6 is 0 Å². The average molecular weight is 243 g/mol. The Labute approximate surface area is 104 Å². The Morgan fingerprint density at radius 3 is 2.50 bits per heavy atom. The fourth-order valence-corrected chi connectivity index (χ4v) is 1.64. The van der Waals surface area contributed by atoms with Crippen molar-refractivity contribution in [3.8, 4) is 0 Å². The molecule has 0 fully saturated rings. The van der Waals surface area contributed by atoms with Crippen LogP contribution in [0.25, 0.3) is 0 Å². The summed E-state index contributed by atoms with van der Waals surface area (Å²) < 4.78 is 1.14. The summed E-state index contributed by atoms with van der Waals surface area (Å²) in [6.45, 7) is 3.47. The van der Waals surface area contributed by atoms with Gasteiger partial charge in [0.2, 0.25) is 0 Å². The first-order valence-electron chi connectivity index (χ1n) is 5.51. The van der Waals surface area contributed by atoms with Crippen molar-refractivity contribution in [1.82, 2.24) is 9.66 Å². The molecule has 0 unspecified atom stereocenters. The van der Waals surface area contributed by atoms with E-state index in [0.717, 1.165) is 4.68 Å². The highest BCUT2D eigenvalue weighted by atomic mass is 16.2. The van der Waals surface area contributed by atoms with Gasteiger partial charge in [0.25, 0.3) is 5.91 Å². The number of carbonyl (C=O) groups excluding carboxylic acids is 1. The second-order valence-corrected chi connectivity index (χ2v) is 3.96. The first-order chi connectivity index (χ1) is 8.58. The van der Waals surface area contributed by atoms with Crippen LogP contribution in [0.1, 0.15) is 21.7 Å². The van der Waals surface area contributed by atoms with Gasteiger partial charge in [-0.25, -0.2) is 9.47 Å². The molecule has 0 atom stereocenters. The molecule has 1 heterocycles. The van der Waals surface area contributed by atoms with Crippen molar-refractivity contribution in [3.05, 3.63) is 63.8 Å². The third kappa shape index (κ3) is 2.45. The smallest absolute Gasteiger partial charge is 0.267 e. The van der Waals surface area contributed by atoms with Crippen molar-refractivity contribution < 1.29 is 4.79 Å². The molecule has 2 rings (SSSR count). The van der Waals surface area contributed by atoms with Crippen LogP contribution < -0.4 is 11.1 Å². The largest absolute Gasteiger partial charge is 0.366 e. The fourth-order valence-electron chi connectivity index (χ4n) is 1.64. The minimum Gasteiger partial charge on any atom is -0.267 e. The molecule has 0 aliphatic heterocycles. The van der Waals surface area contributed by atoms with Crippen molar-refractivity contribution in [2.24, 2.45) is 0 Å². The highest BCUT2D eigenvalue weighted by Crippen LogP contribution is 2.00. The van der Waals surface area contributed by atoms with E-state index in [-0.39, 0.29) is 5.91 Å². The van der Waals surface area contributed by atoms with E-state index in [9.17, 15) is 9.59 Å². The van der Waals surface area contributed by atoms with Crippen LogP contribution in [0.2, 0.25) is 0 Å². The molecule has 0 spiro atoms. The number of amides is 1. The van der Waals surface area contributed by atoms with Crippen LogP contribution in [-0.4, -0.2) is 15.6 Å². The predicted octanol–water partition coefficient (Wildman–Crippen LogP) is 1.24. The Balaban J connectivity index is 2.31. The molecule has 1 aromatic heterocycles. The Morgan fingerprint density at radius 1 is 1.22 bits per heavy atom. The number of rotatable bonds is 2. The lowest BCUT2D eigenvalue weighted by Crippen LogP contribution is -2.36. The normalized spacial score (nSPS) is 10.1. The molecule has 1 N–H and O–H groups in total. The maximum atomic E-state index is 11.9. The molecule has 0 saturated heterocycles. The van der Waals surface area contributed by atoms with Gasteiger partial charge in [-0.05, 0) is 32.0 Å². The van der Waals surface area contributed by atoms with E-state index in [1.165, 1.54) is 0 Å². The van der Waals surface area contributed by atoms with Gasteiger partial charge >= 0.3 is 5.69 Å². The summed E-state index contributed by atoms with van der Waals surface area (Å²) in [5, 5.41) is 0. The van der Waals surface area contributed by atoms with Crippen molar-refractivity contribution in [1.29, 1.82) is 0 Å². The Bertz CT molecular complexity index is 632. The molecule has 92 valence electrons. The van der Waals surface area contributed by atoms with Crippen LogP contribution in [-0.2, 0) is 0 Å². The summed E-state index contributed by atoms with van der Waals surface area (Å²) in [4.78, 5) is 27.3. The minimum atomic E-state index is -0.489. The molecular weight excluding hydrogens is 230 g/mol. The van der Waals surface area contributed by atoms with Gasteiger partial charge in [0, 0.05) is 17.0 Å². The fraction of sp³-hybridized carbons (Fsp3) is 0.154. The highest BCUT2D eigenvalue weighted by molar-refractivity contribution is 5.99. The summed E-state index contributed by atoms with van der Waals surface area (Å²) in [5.74, 6) is -0.341. The first kappa shape index (κ1) is 12.0. The van der Waals surface area contributed by atoms with Gasteiger partial charge < -0.3 is 0 Å². The van der Waals surface area contributed by atoms with Crippen molar-refractivity contribution in [3.63, 3.8) is 0 Å². The minimum absolute atomic E-state index is 0.341. The monoisotopic (exact) mass is 243 g/mol. The van der Waals surface area contributed by atoms with Gasteiger partial charge in [-0.3, -0.25) is 10.2 Å². The molecule has 5 heteroatoms. The van der Waals surface area contributed by atoms with E-state index in [0.29, 0.717) is 17.0 Å². The summed E-state index contributed by atoms with van der Waals surface area (Å²) in [6.07, 6.45) is 0. The zero-order valence-electron chi connectivity index (χ0n) is 10.2. The second kappa shape index (κ2) is 4.83. The molecule has 0 aliphatic carbocycles. The third-order valence-corrected chi connectivity index (χ3v) is 2.48. The summed E-state index contributed by atoms with van der Waals surface area (Å²) >= 11 is 0. The van der Waals surface area contributed by atoms with Gasteiger partial charge in [-0.2, -0.15) is 4.98 Å². The average Bonchev–Trinajstić information content (AvgIpc) is 2.34. The van der Waals surface area contributed by atoms with E-state index in [1.807, 2.05) is 6.07 Å². The van der Waals surface area contributed by atoms with E-state index < -0.39 is 5.69 Å². The van der Waals surface area contributed by atoms with Gasteiger partial charge in [0.1, 0.15) is 0 Å². The van der Waals surface area contributed by atoms with Crippen molar-refractivity contribution in [2.45, 2.75) is 13.8 Å². The third-order valence-electron chi connectivity index (χ3n) is 2.48. The van der Waals surface area contributed by atoms with Crippen LogP contribution in [0.5, 0.6) is 0 Å². The van der Waals surface area contributed by atoms with E-state index >= 15 is 0 Å². The van der Waals surface area contributed by atoms with Crippen molar-refractivity contribution in [2.75, 3.05) is 5.43 Å². The number of hydrogen-bond acceptors (Lipinski definition) is 3. The number of aromatic nitrogens is 2. The molecule has 2 aromatic rings. The molecule has 0 aliphatic rings. The van der Waals surface area contributed by atoms with Crippen LogP contribution in [0.4, 0.5) is 0 Å². The quantitative estimate of drug-likeness (QED) is 0.863. The summed E-state index contributed by atoms with van der Waals surface area (Å²) in [6, 6.07) is 10.4. The predicted molar refractivity (Wildman–Crippen MR) is 68.1 cm³/mol. The number of benzene rings is 1. The molecule has 0 saturated carbocycles. The summed E-state index contributed by atoms with van der Waals surface area (Å²) in [7, 11) is 0. The Hall–Kier alpha value is -2.43. The number of hydrogen-bond donors (Lipinski definition) is 1. The highest BCUT2D eigenvalue weighted by Gasteiger charge is 2.08. The zero-order chi connectivity index (χ0) is 13.1. The lowest BCUT2D eigenvalue weighted by Gasteiger charge is -2.10. The SMILES string of the molecule is Cc1cc(C)n(NC(=O)c2ccccc2)c(=O)n1. The molecule has 1 amide bonds. The van der Waals surface area contributed by atoms with Gasteiger partial charge in [0.15, 0.2) is 0 Å². The van der Waals surface area contributed by atoms with E-state index in [2.05, 4.69) is 10.4 Å². The molecule has 1 aromatic carbocycles. The number of aryl methyl sites for hydroxylation is 2. The number of nitrogens with one attached hydrogen (secondary N) is 1. The standard InChI is InChI=1S/C13H13N3O2/c1-9-8-10(2)16(13(18)14-9)15-12(17)11-6-4-3-5-7-11/h3-8H,1-2H3,(H,15,17). The van der Waals surface area contributed by atoms with Crippen LogP contribution in [0, 0.1) is 13.8 Å². The van der Waals surface area contributed by atoms with Gasteiger partial charge in [-0.15, -0.1) is 0 Å². The second-order valence-electron chi connectivity index (χ2n) is 3.96. The molecule has 18 heavy (non-hydrogen) atoms. The Kier molecular flexibility index (Phi) is 3.23. The Morgan fingerprint density at radius 2 is 1.89 bits per heavy atom. The van der Waals surface area contributed by atoms with Crippen LogP contribution in [0.3, 0.4) is 0 Å². The zero-order valence-corrected chi connectivity index (χ0v) is 10.2.